The van der Waals surface area contributed by atoms with Crippen molar-refractivity contribution in [1.29, 1.82) is 0 Å². The van der Waals surface area contributed by atoms with E-state index < -0.39 is 12.9 Å². The molecular formula is C11H22NO3P. The van der Waals surface area contributed by atoms with Crippen molar-refractivity contribution in [3.63, 3.8) is 0 Å². The first-order valence-electron chi connectivity index (χ1n) is 6.24. The van der Waals surface area contributed by atoms with Crippen molar-refractivity contribution >= 4 is 7.60 Å². The van der Waals surface area contributed by atoms with Crippen molar-refractivity contribution in [2.45, 2.75) is 44.8 Å². The zero-order valence-electron chi connectivity index (χ0n) is 10.1. The van der Waals surface area contributed by atoms with E-state index in [9.17, 15) is 4.57 Å². The smallest absolute Gasteiger partial charge is 0.315 e. The average molecular weight is 247 g/mol. The van der Waals surface area contributed by atoms with Gasteiger partial charge in [-0.25, -0.2) is 0 Å². The number of hydrogen-bond donors (Lipinski definition) is 1. The molecule has 0 aliphatic heterocycles. The third kappa shape index (κ3) is 1.76. The Kier molecular flexibility index (Phi) is 3.47. The van der Waals surface area contributed by atoms with Gasteiger partial charge >= 0.3 is 7.60 Å². The van der Waals surface area contributed by atoms with E-state index in [1.807, 2.05) is 13.8 Å². The molecule has 0 radical (unpaired) electrons. The molecule has 0 saturated heterocycles. The molecule has 4 nitrogen and oxygen atoms in total. The molecule has 94 valence electrons. The van der Waals surface area contributed by atoms with E-state index >= 15 is 0 Å². The zero-order valence-corrected chi connectivity index (χ0v) is 11.0. The second kappa shape index (κ2) is 4.41. The number of nitrogens with two attached hydrogens (primary N) is 1. The lowest BCUT2D eigenvalue weighted by molar-refractivity contribution is 0.176. The predicted octanol–water partition coefficient (Wildman–Crippen LogP) is 2.73. The Balaban J connectivity index is 2.22. The summed E-state index contributed by atoms with van der Waals surface area (Å²) in [6.45, 7) is 4.46. The first-order valence-corrected chi connectivity index (χ1v) is 7.78. The molecule has 16 heavy (non-hydrogen) atoms. The Hall–Kier alpha value is 0.110. The normalized spacial score (nSPS) is 38.2. The molecule has 0 heterocycles. The van der Waals surface area contributed by atoms with Crippen LogP contribution in [0.3, 0.4) is 0 Å². The molecule has 2 aliphatic rings. The molecule has 2 fully saturated rings. The van der Waals surface area contributed by atoms with Crippen molar-refractivity contribution in [3.05, 3.63) is 0 Å². The van der Waals surface area contributed by atoms with Gasteiger partial charge in [-0.2, -0.15) is 0 Å². The molecule has 2 N–H and O–H groups in total. The van der Waals surface area contributed by atoms with Crippen molar-refractivity contribution in [2.24, 2.45) is 17.6 Å². The van der Waals surface area contributed by atoms with Crippen LogP contribution < -0.4 is 5.73 Å². The van der Waals surface area contributed by atoms with Gasteiger partial charge in [0.25, 0.3) is 0 Å². The standard InChI is InChI=1S/C11H22NO3P/c1-3-14-16(13,15-4-2)11(12)8-9-5-6-10(11)7-9/h9-10H,3-8,12H2,1-2H3. The first kappa shape index (κ1) is 12.6. The minimum atomic E-state index is -3.14. The maximum Gasteiger partial charge on any atom is 0.350 e. The Morgan fingerprint density at radius 3 is 2.31 bits per heavy atom. The second-order valence-corrected chi connectivity index (χ2v) is 7.25. The van der Waals surface area contributed by atoms with Crippen LogP contribution >= 0.6 is 7.60 Å². The Morgan fingerprint density at radius 2 is 1.94 bits per heavy atom. The highest BCUT2D eigenvalue weighted by Crippen LogP contribution is 2.69. The maximum atomic E-state index is 12.8. The molecule has 0 amide bonds. The Morgan fingerprint density at radius 1 is 1.31 bits per heavy atom. The van der Waals surface area contributed by atoms with Crippen LogP contribution in [0.4, 0.5) is 0 Å². The second-order valence-electron chi connectivity index (χ2n) is 4.90. The van der Waals surface area contributed by atoms with Crippen molar-refractivity contribution in [2.75, 3.05) is 13.2 Å². The lowest BCUT2D eigenvalue weighted by atomic mass is 9.95. The van der Waals surface area contributed by atoms with E-state index in [-0.39, 0.29) is 0 Å². The van der Waals surface area contributed by atoms with Gasteiger partial charge in [0.05, 0.1) is 13.2 Å². The molecule has 3 atom stereocenters. The summed E-state index contributed by atoms with van der Waals surface area (Å²) in [7, 11) is -3.14. The van der Waals surface area contributed by atoms with E-state index in [1.54, 1.807) is 0 Å². The summed E-state index contributed by atoms with van der Waals surface area (Å²) in [4.78, 5) is 0. The fraction of sp³-hybridized carbons (Fsp3) is 1.00. The molecule has 0 aromatic rings. The summed E-state index contributed by atoms with van der Waals surface area (Å²) in [5, 5.41) is -0.720. The summed E-state index contributed by atoms with van der Waals surface area (Å²) >= 11 is 0. The summed E-state index contributed by atoms with van der Waals surface area (Å²) < 4.78 is 23.6. The van der Waals surface area contributed by atoms with E-state index in [0.29, 0.717) is 25.0 Å². The van der Waals surface area contributed by atoms with Crippen LogP contribution in [0.15, 0.2) is 0 Å². The summed E-state index contributed by atoms with van der Waals surface area (Å²) in [6.07, 6.45) is 4.20. The van der Waals surface area contributed by atoms with Gasteiger partial charge in [-0.1, -0.05) is 0 Å². The molecule has 2 aliphatic carbocycles. The summed E-state index contributed by atoms with van der Waals surface area (Å²) in [5.74, 6) is 0.950. The molecule has 0 aromatic carbocycles. The lowest BCUT2D eigenvalue weighted by Gasteiger charge is -2.38. The summed E-state index contributed by atoms with van der Waals surface area (Å²) in [5.41, 5.74) is 6.38. The Labute approximate surface area is 97.4 Å². The van der Waals surface area contributed by atoms with Gasteiger partial charge in [-0.05, 0) is 51.4 Å². The van der Waals surface area contributed by atoms with Crippen LogP contribution in [0.25, 0.3) is 0 Å². The van der Waals surface area contributed by atoms with Gasteiger partial charge in [0.15, 0.2) is 0 Å². The number of fused-ring (bicyclic) bond motifs is 2. The van der Waals surface area contributed by atoms with Gasteiger partial charge in [-0.15, -0.1) is 0 Å². The largest absolute Gasteiger partial charge is 0.350 e. The van der Waals surface area contributed by atoms with Crippen molar-refractivity contribution in [1.82, 2.24) is 0 Å². The molecule has 2 rings (SSSR count). The zero-order chi connectivity index (χ0) is 11.8. The number of hydrogen-bond acceptors (Lipinski definition) is 4. The van der Waals surface area contributed by atoms with Crippen molar-refractivity contribution < 1.29 is 13.6 Å². The fourth-order valence-corrected chi connectivity index (χ4v) is 5.70. The highest BCUT2D eigenvalue weighted by atomic mass is 31.2. The van der Waals surface area contributed by atoms with Crippen LogP contribution in [0, 0.1) is 11.8 Å². The van der Waals surface area contributed by atoms with E-state index in [2.05, 4.69) is 0 Å². The molecule has 5 heteroatoms. The fourth-order valence-electron chi connectivity index (χ4n) is 3.30. The minimum Gasteiger partial charge on any atom is -0.315 e. The third-order valence-corrected chi connectivity index (χ3v) is 6.74. The minimum absolute atomic E-state index is 0.321. The molecule has 2 saturated carbocycles. The molecule has 0 spiro atoms. The maximum absolute atomic E-state index is 12.8. The quantitative estimate of drug-likeness (QED) is 0.759. The SMILES string of the molecule is CCOP(=O)(OCC)C1(N)CC2CCC1C2. The highest BCUT2D eigenvalue weighted by molar-refractivity contribution is 7.55. The molecular weight excluding hydrogens is 225 g/mol. The van der Waals surface area contributed by atoms with Crippen LogP contribution in [0.2, 0.25) is 0 Å². The topological polar surface area (TPSA) is 61.5 Å². The van der Waals surface area contributed by atoms with Crippen molar-refractivity contribution in [3.8, 4) is 0 Å². The van der Waals surface area contributed by atoms with Crippen LogP contribution in [-0.4, -0.2) is 18.5 Å². The van der Waals surface area contributed by atoms with E-state index in [0.717, 1.165) is 19.3 Å². The van der Waals surface area contributed by atoms with Gasteiger partial charge in [-0.3, -0.25) is 4.57 Å². The van der Waals surface area contributed by atoms with Gasteiger partial charge < -0.3 is 14.8 Å². The highest BCUT2D eigenvalue weighted by Gasteiger charge is 2.60. The molecule has 2 bridgehead atoms. The Bertz CT molecular complexity index is 300. The van der Waals surface area contributed by atoms with Crippen LogP contribution in [0.5, 0.6) is 0 Å². The van der Waals surface area contributed by atoms with Gasteiger partial charge in [0, 0.05) is 0 Å². The predicted molar refractivity (Wildman–Crippen MR) is 63.2 cm³/mol. The van der Waals surface area contributed by atoms with Gasteiger partial charge in [0.1, 0.15) is 5.28 Å². The summed E-state index contributed by atoms with van der Waals surface area (Å²) in [6, 6.07) is 0. The van der Waals surface area contributed by atoms with Crippen LogP contribution in [0.1, 0.15) is 39.5 Å². The average Bonchev–Trinajstić information content (AvgIpc) is 2.78. The van der Waals surface area contributed by atoms with Crippen LogP contribution in [-0.2, 0) is 13.6 Å². The third-order valence-electron chi connectivity index (χ3n) is 3.97. The first-order chi connectivity index (χ1) is 7.55. The lowest BCUT2D eigenvalue weighted by Crippen LogP contribution is -2.45. The molecule has 0 aromatic heterocycles. The number of rotatable bonds is 5. The monoisotopic (exact) mass is 247 g/mol. The molecule has 3 unspecified atom stereocenters. The van der Waals surface area contributed by atoms with Gasteiger partial charge in [0.2, 0.25) is 0 Å². The van der Waals surface area contributed by atoms with E-state index in [1.165, 1.54) is 6.42 Å². The van der Waals surface area contributed by atoms with E-state index in [4.69, 9.17) is 14.8 Å².